The van der Waals surface area contributed by atoms with Gasteiger partial charge in [-0.25, -0.2) is 4.39 Å². The van der Waals surface area contributed by atoms with Crippen LogP contribution in [0.4, 0.5) is 4.39 Å². The first-order valence-corrected chi connectivity index (χ1v) is 5.43. The molecule has 0 aliphatic heterocycles. The molecule has 1 aromatic heterocycles. The molecule has 0 saturated carbocycles. The van der Waals surface area contributed by atoms with Crippen molar-refractivity contribution in [1.82, 2.24) is 4.98 Å². The van der Waals surface area contributed by atoms with Gasteiger partial charge in [0, 0.05) is 18.0 Å². The number of hydrogen-bond acceptors (Lipinski definition) is 1. The van der Waals surface area contributed by atoms with E-state index in [1.54, 1.807) is 12.4 Å². The molecule has 0 aliphatic rings. The first kappa shape index (κ1) is 12.4. The first-order valence-electron chi connectivity index (χ1n) is 5.43. The molecule has 0 aliphatic carbocycles. The minimum Gasteiger partial charge on any atom is -0.264 e. The second-order valence-electron chi connectivity index (χ2n) is 3.26. The molecule has 2 rings (SSSR count). The Hall–Kier alpha value is -1.70. The molecule has 0 fully saturated rings. The quantitative estimate of drug-likeness (QED) is 0.696. The Morgan fingerprint density at radius 1 is 1.06 bits per heavy atom. The number of nitrogens with zero attached hydrogens (tertiary/aromatic N) is 1. The van der Waals surface area contributed by atoms with Crippen molar-refractivity contribution in [3.05, 3.63) is 54.1 Å². The lowest BCUT2D eigenvalue weighted by atomic mass is 10.1. The fourth-order valence-corrected chi connectivity index (χ4v) is 1.44. The fourth-order valence-electron chi connectivity index (χ4n) is 1.44. The van der Waals surface area contributed by atoms with Gasteiger partial charge in [-0.3, -0.25) is 4.98 Å². The summed E-state index contributed by atoms with van der Waals surface area (Å²) < 4.78 is 13.1. The molecule has 0 saturated heterocycles. The van der Waals surface area contributed by atoms with Crippen molar-refractivity contribution in [1.29, 1.82) is 0 Å². The third-order valence-electron chi connectivity index (χ3n) is 2.04. The Morgan fingerprint density at radius 3 is 2.38 bits per heavy atom. The van der Waals surface area contributed by atoms with Crippen LogP contribution in [0.2, 0.25) is 0 Å². The summed E-state index contributed by atoms with van der Waals surface area (Å²) in [6.45, 7) is 5.88. The highest BCUT2D eigenvalue weighted by atomic mass is 19.1. The summed E-state index contributed by atoms with van der Waals surface area (Å²) in [6, 6.07) is 8.74. The van der Waals surface area contributed by atoms with Crippen LogP contribution in [0.5, 0.6) is 0 Å². The van der Waals surface area contributed by atoms with Crippen LogP contribution < -0.4 is 0 Å². The minimum atomic E-state index is -0.205. The van der Waals surface area contributed by atoms with E-state index in [2.05, 4.69) is 4.98 Å². The standard InChI is InChI=1S/C12H10FN.C2H6/c1-9-5-11(7-12(13)6-9)10-3-2-4-14-8-10;1-2/h2-8H,1H3;1-2H3. The molecule has 1 aromatic carbocycles. The Kier molecular flexibility index (Phi) is 4.65. The maximum atomic E-state index is 13.1. The highest BCUT2D eigenvalue weighted by Crippen LogP contribution is 2.20. The van der Waals surface area contributed by atoms with E-state index < -0.39 is 0 Å². The van der Waals surface area contributed by atoms with Gasteiger partial charge in [0.25, 0.3) is 0 Å². The number of pyridine rings is 1. The molecule has 0 N–H and O–H groups in total. The van der Waals surface area contributed by atoms with Crippen LogP contribution in [0.1, 0.15) is 19.4 Å². The number of rotatable bonds is 1. The van der Waals surface area contributed by atoms with Crippen LogP contribution in [-0.4, -0.2) is 4.98 Å². The predicted octanol–water partition coefficient (Wildman–Crippen LogP) is 4.22. The first-order chi connectivity index (χ1) is 7.75. The van der Waals surface area contributed by atoms with Crippen molar-refractivity contribution in [2.75, 3.05) is 0 Å². The molecular formula is C14H16FN. The summed E-state index contributed by atoms with van der Waals surface area (Å²) in [5.74, 6) is -0.205. The van der Waals surface area contributed by atoms with E-state index >= 15 is 0 Å². The number of aromatic nitrogens is 1. The van der Waals surface area contributed by atoms with Crippen LogP contribution in [0.25, 0.3) is 11.1 Å². The summed E-state index contributed by atoms with van der Waals surface area (Å²) in [7, 11) is 0. The van der Waals surface area contributed by atoms with Crippen molar-refractivity contribution in [2.45, 2.75) is 20.8 Å². The topological polar surface area (TPSA) is 12.9 Å². The monoisotopic (exact) mass is 217 g/mol. The van der Waals surface area contributed by atoms with E-state index in [-0.39, 0.29) is 5.82 Å². The zero-order valence-corrected chi connectivity index (χ0v) is 9.87. The SMILES string of the molecule is CC.Cc1cc(F)cc(-c2cccnc2)c1. The zero-order valence-electron chi connectivity index (χ0n) is 9.87. The van der Waals surface area contributed by atoms with Gasteiger partial charge in [-0.05, 0) is 36.2 Å². The number of halogens is 1. The lowest BCUT2D eigenvalue weighted by molar-refractivity contribution is 0.627. The smallest absolute Gasteiger partial charge is 0.124 e. The molecule has 16 heavy (non-hydrogen) atoms. The van der Waals surface area contributed by atoms with Gasteiger partial charge >= 0.3 is 0 Å². The number of benzene rings is 1. The summed E-state index contributed by atoms with van der Waals surface area (Å²) in [4.78, 5) is 4.00. The zero-order chi connectivity index (χ0) is 12.0. The Bertz CT molecular complexity index is 417. The van der Waals surface area contributed by atoms with Gasteiger partial charge in [-0.2, -0.15) is 0 Å². The molecule has 1 nitrogen and oxygen atoms in total. The highest BCUT2D eigenvalue weighted by molar-refractivity contribution is 5.63. The maximum absolute atomic E-state index is 13.1. The maximum Gasteiger partial charge on any atom is 0.124 e. The molecule has 2 heteroatoms. The molecule has 84 valence electrons. The highest BCUT2D eigenvalue weighted by Gasteiger charge is 2.00. The Balaban J connectivity index is 0.000000606. The van der Waals surface area contributed by atoms with Gasteiger partial charge in [0.05, 0.1) is 0 Å². The van der Waals surface area contributed by atoms with Crippen LogP contribution in [0.15, 0.2) is 42.7 Å². The normalized spacial score (nSPS) is 9.25. The lowest BCUT2D eigenvalue weighted by Crippen LogP contribution is -1.83. The minimum absolute atomic E-state index is 0.205. The van der Waals surface area contributed by atoms with Crippen molar-refractivity contribution in [2.24, 2.45) is 0 Å². The largest absolute Gasteiger partial charge is 0.264 e. The summed E-state index contributed by atoms with van der Waals surface area (Å²) in [6.07, 6.45) is 3.43. The van der Waals surface area contributed by atoms with Crippen LogP contribution in [-0.2, 0) is 0 Å². The van der Waals surface area contributed by atoms with Crippen molar-refractivity contribution < 1.29 is 4.39 Å². The van der Waals surface area contributed by atoms with Crippen LogP contribution in [0, 0.1) is 12.7 Å². The van der Waals surface area contributed by atoms with E-state index in [0.717, 1.165) is 16.7 Å². The molecule has 1 heterocycles. The molecule has 0 atom stereocenters. The van der Waals surface area contributed by atoms with E-state index in [1.807, 2.05) is 39.0 Å². The Morgan fingerprint density at radius 2 is 1.81 bits per heavy atom. The third kappa shape index (κ3) is 3.16. The van der Waals surface area contributed by atoms with Gasteiger partial charge in [0.1, 0.15) is 5.82 Å². The summed E-state index contributed by atoms with van der Waals surface area (Å²) in [5, 5.41) is 0. The van der Waals surface area contributed by atoms with Gasteiger partial charge < -0.3 is 0 Å². The lowest BCUT2D eigenvalue weighted by Gasteiger charge is -2.02. The molecule has 0 bridgehead atoms. The number of hydrogen-bond donors (Lipinski definition) is 0. The van der Waals surface area contributed by atoms with Gasteiger partial charge in [0.2, 0.25) is 0 Å². The van der Waals surface area contributed by atoms with Gasteiger partial charge in [-0.1, -0.05) is 26.0 Å². The van der Waals surface area contributed by atoms with E-state index in [1.165, 1.54) is 12.1 Å². The van der Waals surface area contributed by atoms with Crippen LogP contribution in [0.3, 0.4) is 0 Å². The van der Waals surface area contributed by atoms with Crippen molar-refractivity contribution in [3.8, 4) is 11.1 Å². The molecule has 0 amide bonds. The summed E-state index contributed by atoms with van der Waals surface area (Å²) in [5.41, 5.74) is 2.73. The molecule has 0 spiro atoms. The van der Waals surface area contributed by atoms with E-state index in [9.17, 15) is 4.39 Å². The van der Waals surface area contributed by atoms with Crippen molar-refractivity contribution >= 4 is 0 Å². The van der Waals surface area contributed by atoms with Gasteiger partial charge in [-0.15, -0.1) is 0 Å². The fraction of sp³-hybridized carbons (Fsp3) is 0.214. The average molecular weight is 217 g/mol. The Labute approximate surface area is 96.0 Å². The molecule has 2 aromatic rings. The molecular weight excluding hydrogens is 201 g/mol. The van der Waals surface area contributed by atoms with Gasteiger partial charge in [0.15, 0.2) is 0 Å². The molecule has 0 unspecified atom stereocenters. The molecule has 0 radical (unpaired) electrons. The number of aryl methyl sites for hydroxylation is 1. The predicted molar refractivity (Wildman–Crippen MR) is 65.7 cm³/mol. The third-order valence-corrected chi connectivity index (χ3v) is 2.04. The summed E-state index contributed by atoms with van der Waals surface area (Å²) >= 11 is 0. The van der Waals surface area contributed by atoms with Crippen molar-refractivity contribution in [3.63, 3.8) is 0 Å². The average Bonchev–Trinajstić information content (AvgIpc) is 2.32. The van der Waals surface area contributed by atoms with E-state index in [4.69, 9.17) is 0 Å². The van der Waals surface area contributed by atoms with E-state index in [0.29, 0.717) is 0 Å². The van der Waals surface area contributed by atoms with Crippen LogP contribution >= 0.6 is 0 Å². The second kappa shape index (κ2) is 6.01. The second-order valence-corrected chi connectivity index (χ2v) is 3.26.